The maximum absolute atomic E-state index is 5.99. The van der Waals surface area contributed by atoms with Crippen LogP contribution in [0, 0.1) is 0 Å². The van der Waals surface area contributed by atoms with E-state index in [0.717, 1.165) is 5.56 Å². The third kappa shape index (κ3) is 4.92. The summed E-state index contributed by atoms with van der Waals surface area (Å²) in [6.07, 6.45) is 1.56. The molecule has 2 aromatic rings. The fourth-order valence-corrected chi connectivity index (χ4v) is 3.92. The Morgan fingerprint density at radius 1 is 1.25 bits per heavy atom. The van der Waals surface area contributed by atoms with E-state index in [1.165, 1.54) is 23.3 Å². The van der Waals surface area contributed by atoms with Crippen LogP contribution in [0.2, 0.25) is 10.0 Å². The Balaban J connectivity index is 1.50. The van der Waals surface area contributed by atoms with Crippen LogP contribution < -0.4 is 4.74 Å². The largest absolute Gasteiger partial charge is 0.461 e. The number of hydrogen-bond acceptors (Lipinski definition) is 7. The number of halogens is 2. The minimum atomic E-state index is -0.640. The van der Waals surface area contributed by atoms with Crippen molar-refractivity contribution in [3.63, 3.8) is 0 Å². The van der Waals surface area contributed by atoms with Gasteiger partial charge < -0.3 is 14.2 Å². The van der Waals surface area contributed by atoms with Gasteiger partial charge in [0.1, 0.15) is 6.26 Å². The minimum Gasteiger partial charge on any atom is -0.461 e. The molecule has 0 saturated heterocycles. The van der Waals surface area contributed by atoms with Crippen LogP contribution in [-0.4, -0.2) is 21.8 Å². The molecular weight excluding hydrogens is 391 g/mol. The molecule has 2 heterocycles. The van der Waals surface area contributed by atoms with Gasteiger partial charge in [-0.2, -0.15) is 9.36 Å². The molecule has 0 fully saturated rings. The summed E-state index contributed by atoms with van der Waals surface area (Å²) in [5.41, 5.74) is 1.01. The van der Waals surface area contributed by atoms with Gasteiger partial charge in [-0.3, -0.25) is 0 Å². The number of hydrogen-bond donors (Lipinski definition) is 0. The lowest BCUT2D eigenvalue weighted by Gasteiger charge is -2.17. The van der Waals surface area contributed by atoms with E-state index in [1.807, 2.05) is 26.0 Å². The van der Waals surface area contributed by atoms with Crippen molar-refractivity contribution in [3.05, 3.63) is 45.8 Å². The molecule has 1 aromatic heterocycles. The first kappa shape index (κ1) is 17.7. The Bertz CT molecular complexity index is 745. The van der Waals surface area contributed by atoms with Crippen molar-refractivity contribution in [2.45, 2.75) is 30.5 Å². The van der Waals surface area contributed by atoms with Gasteiger partial charge in [-0.1, -0.05) is 35.0 Å². The topological polar surface area (TPSA) is 53.5 Å². The third-order valence-corrected chi connectivity index (χ3v) is 4.97. The molecule has 0 aliphatic carbocycles. The Kier molecular flexibility index (Phi) is 5.44. The van der Waals surface area contributed by atoms with Gasteiger partial charge in [-0.15, -0.1) is 0 Å². The van der Waals surface area contributed by atoms with Crippen LogP contribution in [-0.2, 0) is 15.2 Å². The molecule has 0 N–H and O–H groups in total. The Labute approximate surface area is 158 Å². The molecule has 1 aromatic carbocycles. The zero-order valence-electron chi connectivity index (χ0n) is 12.9. The van der Waals surface area contributed by atoms with Crippen LogP contribution in [0.1, 0.15) is 19.4 Å². The van der Waals surface area contributed by atoms with E-state index in [1.54, 1.807) is 12.3 Å². The zero-order valence-corrected chi connectivity index (χ0v) is 16.1. The van der Waals surface area contributed by atoms with E-state index in [0.29, 0.717) is 31.9 Å². The van der Waals surface area contributed by atoms with Crippen LogP contribution >= 0.6 is 46.5 Å². The number of aromatic nitrogens is 2. The molecule has 3 rings (SSSR count). The normalized spacial score (nSPS) is 15.6. The first-order valence-electron chi connectivity index (χ1n) is 7.00. The number of benzene rings is 1. The van der Waals surface area contributed by atoms with E-state index >= 15 is 0 Å². The first-order chi connectivity index (χ1) is 11.4. The smallest absolute Gasteiger partial charge is 0.294 e. The predicted octanol–water partition coefficient (Wildman–Crippen LogP) is 5.14. The molecule has 1 aliphatic rings. The molecule has 24 heavy (non-hydrogen) atoms. The summed E-state index contributed by atoms with van der Waals surface area (Å²) in [4.78, 5) is 4.33. The highest BCUT2D eigenvalue weighted by atomic mass is 35.5. The van der Waals surface area contributed by atoms with Crippen molar-refractivity contribution in [2.24, 2.45) is 0 Å². The average molecular weight is 405 g/mol. The molecule has 0 radical (unpaired) electrons. The molecule has 0 bridgehead atoms. The quantitative estimate of drug-likeness (QED) is 0.621. The Morgan fingerprint density at radius 3 is 2.67 bits per heavy atom. The summed E-state index contributed by atoms with van der Waals surface area (Å²) in [6.45, 7) is 3.92. The van der Waals surface area contributed by atoms with E-state index in [2.05, 4.69) is 9.36 Å². The van der Waals surface area contributed by atoms with E-state index < -0.39 is 5.79 Å². The Morgan fingerprint density at radius 2 is 2.00 bits per heavy atom. The summed E-state index contributed by atoms with van der Waals surface area (Å²) in [5.74, 6) is 0.657. The van der Waals surface area contributed by atoms with Gasteiger partial charge in [0, 0.05) is 41.2 Å². The van der Waals surface area contributed by atoms with Crippen LogP contribution in [0.5, 0.6) is 5.19 Å². The molecule has 0 amide bonds. The van der Waals surface area contributed by atoms with Gasteiger partial charge in [0.15, 0.2) is 12.4 Å². The van der Waals surface area contributed by atoms with Crippen LogP contribution in [0.25, 0.3) is 0 Å². The lowest BCUT2D eigenvalue weighted by atomic mass is 10.2. The van der Waals surface area contributed by atoms with E-state index in [4.69, 9.17) is 37.4 Å². The highest BCUT2D eigenvalue weighted by Crippen LogP contribution is 2.29. The van der Waals surface area contributed by atoms with Gasteiger partial charge >= 0.3 is 0 Å². The van der Waals surface area contributed by atoms with Crippen molar-refractivity contribution in [3.8, 4) is 5.19 Å². The van der Waals surface area contributed by atoms with Crippen LogP contribution in [0.15, 0.2) is 35.4 Å². The van der Waals surface area contributed by atoms with Crippen molar-refractivity contribution in [1.29, 1.82) is 0 Å². The third-order valence-electron chi connectivity index (χ3n) is 2.87. The van der Waals surface area contributed by atoms with Crippen molar-refractivity contribution >= 4 is 46.5 Å². The monoisotopic (exact) mass is 404 g/mol. The van der Waals surface area contributed by atoms with Gasteiger partial charge in [-0.25, -0.2) is 0 Å². The lowest BCUT2D eigenvalue weighted by molar-refractivity contribution is -0.119. The second kappa shape index (κ2) is 7.39. The summed E-state index contributed by atoms with van der Waals surface area (Å²) in [5, 5.41) is 2.35. The molecule has 0 atom stereocenters. The molecule has 1 aliphatic heterocycles. The SMILES string of the molecule is CC1(C)OC=C(COc2nc(SCc3cc(Cl)cc(Cl)c3)ns2)O1. The highest BCUT2D eigenvalue weighted by Gasteiger charge is 2.27. The van der Waals surface area contributed by atoms with Crippen molar-refractivity contribution in [2.75, 3.05) is 6.61 Å². The van der Waals surface area contributed by atoms with Crippen LogP contribution in [0.3, 0.4) is 0 Å². The highest BCUT2D eigenvalue weighted by molar-refractivity contribution is 7.98. The van der Waals surface area contributed by atoms with Crippen molar-refractivity contribution < 1.29 is 14.2 Å². The van der Waals surface area contributed by atoms with Crippen molar-refractivity contribution in [1.82, 2.24) is 9.36 Å². The van der Waals surface area contributed by atoms with Gasteiger partial charge in [-0.05, 0) is 23.8 Å². The maximum Gasteiger partial charge on any atom is 0.294 e. The molecule has 5 nitrogen and oxygen atoms in total. The second-order valence-electron chi connectivity index (χ2n) is 5.40. The van der Waals surface area contributed by atoms with E-state index in [9.17, 15) is 0 Å². The number of thioether (sulfide) groups is 1. The number of rotatable bonds is 6. The molecule has 9 heteroatoms. The fourth-order valence-electron chi connectivity index (χ4n) is 1.92. The predicted molar refractivity (Wildman–Crippen MR) is 95.8 cm³/mol. The molecule has 0 saturated carbocycles. The summed E-state index contributed by atoms with van der Waals surface area (Å²) >= 11 is 14.7. The molecule has 128 valence electrons. The molecule has 0 unspecified atom stereocenters. The summed E-state index contributed by atoms with van der Waals surface area (Å²) in [7, 11) is 0. The zero-order chi connectivity index (χ0) is 17.2. The van der Waals surface area contributed by atoms with Crippen LogP contribution in [0.4, 0.5) is 0 Å². The summed E-state index contributed by atoms with van der Waals surface area (Å²) < 4.78 is 20.7. The fraction of sp³-hybridized carbons (Fsp3) is 0.333. The van der Waals surface area contributed by atoms with Gasteiger partial charge in [0.2, 0.25) is 10.9 Å². The molecule has 0 spiro atoms. The van der Waals surface area contributed by atoms with Gasteiger partial charge in [0.05, 0.1) is 0 Å². The maximum atomic E-state index is 5.99. The lowest BCUT2D eigenvalue weighted by Crippen LogP contribution is -2.21. The van der Waals surface area contributed by atoms with Gasteiger partial charge in [0.25, 0.3) is 5.19 Å². The summed E-state index contributed by atoms with van der Waals surface area (Å²) in [6, 6.07) is 5.45. The second-order valence-corrected chi connectivity index (χ2v) is 7.93. The average Bonchev–Trinajstić information content (AvgIpc) is 3.08. The first-order valence-corrected chi connectivity index (χ1v) is 9.51. The minimum absolute atomic E-state index is 0.257. The standard InChI is InChI=1S/C15H14Cl2N2O3S2/c1-15(2)21-7-12(22-15)6-20-14-18-13(19-24-14)23-8-9-3-10(16)5-11(17)4-9/h3-5,7H,6,8H2,1-2H3. The Hall–Kier alpha value is -1.15. The molecular formula is C15H14Cl2N2O3S2. The van der Waals surface area contributed by atoms with E-state index in [-0.39, 0.29) is 6.61 Å². The number of nitrogens with zero attached hydrogens (tertiary/aromatic N) is 2. The number of ether oxygens (including phenoxy) is 3.